The minimum Gasteiger partial charge on any atom is -0.348 e. The van der Waals surface area contributed by atoms with E-state index in [-0.39, 0.29) is 23.8 Å². The van der Waals surface area contributed by atoms with Gasteiger partial charge in [0.05, 0.1) is 12.6 Å². The van der Waals surface area contributed by atoms with Gasteiger partial charge in [-0.05, 0) is 37.5 Å². The largest absolute Gasteiger partial charge is 0.348 e. The van der Waals surface area contributed by atoms with Crippen LogP contribution in [0.2, 0.25) is 0 Å². The van der Waals surface area contributed by atoms with Crippen LogP contribution >= 0.6 is 0 Å². The lowest BCUT2D eigenvalue weighted by Crippen LogP contribution is -2.44. The van der Waals surface area contributed by atoms with Crippen molar-refractivity contribution in [1.29, 1.82) is 0 Å². The van der Waals surface area contributed by atoms with E-state index in [1.165, 1.54) is 12.1 Å². The van der Waals surface area contributed by atoms with Crippen LogP contribution in [0.25, 0.3) is 0 Å². The van der Waals surface area contributed by atoms with Gasteiger partial charge in [0.15, 0.2) is 0 Å². The lowest BCUT2D eigenvalue weighted by atomic mass is 10.1. The summed E-state index contributed by atoms with van der Waals surface area (Å²) in [6.45, 7) is 4.05. The van der Waals surface area contributed by atoms with E-state index in [1.54, 1.807) is 12.1 Å². The first-order valence-electron chi connectivity index (χ1n) is 7.07. The van der Waals surface area contributed by atoms with Gasteiger partial charge in [-0.3, -0.25) is 9.69 Å². The molecule has 20 heavy (non-hydrogen) atoms. The van der Waals surface area contributed by atoms with Crippen LogP contribution in [0.1, 0.15) is 31.4 Å². The molecule has 0 aliphatic carbocycles. The van der Waals surface area contributed by atoms with Crippen molar-refractivity contribution >= 4 is 5.91 Å². The predicted molar refractivity (Wildman–Crippen MR) is 76.6 cm³/mol. The summed E-state index contributed by atoms with van der Waals surface area (Å²) in [7, 11) is 0. The molecule has 0 saturated carbocycles. The molecule has 1 aromatic carbocycles. The standard InChI is InChI=1S/C15H22FN3O/c1-11(12-2-4-13(16)5-3-12)18-15(20)10-19-8-6-14(17)7-9-19/h2-5,11,14H,6-10,17H2,1H3,(H,18,20)/t11-/m1/s1. The van der Waals surface area contributed by atoms with Crippen LogP contribution in [0.15, 0.2) is 24.3 Å². The average molecular weight is 279 g/mol. The Kier molecular flexibility index (Phi) is 5.09. The zero-order chi connectivity index (χ0) is 14.5. The second kappa shape index (κ2) is 6.81. The fourth-order valence-electron chi connectivity index (χ4n) is 2.44. The van der Waals surface area contributed by atoms with Crippen LogP contribution in [0.3, 0.4) is 0 Å². The monoisotopic (exact) mass is 279 g/mol. The molecule has 1 atom stereocenters. The molecule has 1 amide bonds. The molecule has 5 heteroatoms. The summed E-state index contributed by atoms with van der Waals surface area (Å²) in [4.78, 5) is 14.1. The van der Waals surface area contributed by atoms with Crippen molar-refractivity contribution in [1.82, 2.24) is 10.2 Å². The maximum absolute atomic E-state index is 12.8. The Morgan fingerprint density at radius 3 is 2.60 bits per heavy atom. The van der Waals surface area contributed by atoms with Crippen LogP contribution in [0.4, 0.5) is 4.39 Å². The zero-order valence-corrected chi connectivity index (χ0v) is 11.8. The average Bonchev–Trinajstić information content (AvgIpc) is 2.42. The molecule has 1 aromatic rings. The van der Waals surface area contributed by atoms with E-state index in [9.17, 15) is 9.18 Å². The highest BCUT2D eigenvalue weighted by atomic mass is 19.1. The second-order valence-corrected chi connectivity index (χ2v) is 5.45. The van der Waals surface area contributed by atoms with Crippen molar-refractivity contribution in [2.75, 3.05) is 19.6 Å². The predicted octanol–water partition coefficient (Wildman–Crippen LogP) is 1.43. The van der Waals surface area contributed by atoms with Crippen molar-refractivity contribution in [2.45, 2.75) is 31.8 Å². The molecule has 1 aliphatic heterocycles. The van der Waals surface area contributed by atoms with Crippen LogP contribution in [-0.2, 0) is 4.79 Å². The van der Waals surface area contributed by atoms with Crippen LogP contribution in [0, 0.1) is 5.82 Å². The van der Waals surface area contributed by atoms with Crippen molar-refractivity contribution in [3.05, 3.63) is 35.6 Å². The summed E-state index contributed by atoms with van der Waals surface area (Å²) in [5.41, 5.74) is 6.74. The van der Waals surface area contributed by atoms with Crippen molar-refractivity contribution in [2.24, 2.45) is 5.73 Å². The molecule has 0 spiro atoms. The molecule has 0 bridgehead atoms. The molecule has 1 fully saturated rings. The van der Waals surface area contributed by atoms with Gasteiger partial charge in [0.2, 0.25) is 5.91 Å². The van der Waals surface area contributed by atoms with Gasteiger partial charge in [-0.2, -0.15) is 0 Å². The maximum atomic E-state index is 12.8. The number of likely N-dealkylation sites (tertiary alicyclic amines) is 1. The third-order valence-corrected chi connectivity index (χ3v) is 3.75. The first kappa shape index (κ1) is 14.9. The smallest absolute Gasteiger partial charge is 0.234 e. The van der Waals surface area contributed by atoms with Crippen LogP contribution in [0.5, 0.6) is 0 Å². The number of nitrogens with zero attached hydrogens (tertiary/aromatic N) is 1. The van der Waals surface area contributed by atoms with Crippen LogP contribution < -0.4 is 11.1 Å². The third-order valence-electron chi connectivity index (χ3n) is 3.75. The first-order valence-corrected chi connectivity index (χ1v) is 7.07. The first-order chi connectivity index (χ1) is 9.54. The van der Waals surface area contributed by atoms with Gasteiger partial charge in [-0.15, -0.1) is 0 Å². The van der Waals surface area contributed by atoms with Gasteiger partial charge in [0, 0.05) is 19.1 Å². The Bertz CT molecular complexity index is 441. The number of nitrogens with one attached hydrogen (secondary N) is 1. The minimum absolute atomic E-state index is 0.00250. The molecule has 3 N–H and O–H groups in total. The summed E-state index contributed by atoms with van der Waals surface area (Å²) in [6.07, 6.45) is 1.89. The number of amides is 1. The molecule has 1 saturated heterocycles. The third kappa shape index (κ3) is 4.28. The number of rotatable bonds is 4. The highest BCUT2D eigenvalue weighted by Crippen LogP contribution is 2.13. The quantitative estimate of drug-likeness (QED) is 0.876. The lowest BCUT2D eigenvalue weighted by molar-refractivity contribution is -0.123. The molecule has 110 valence electrons. The Morgan fingerprint density at radius 1 is 1.40 bits per heavy atom. The number of hydrogen-bond acceptors (Lipinski definition) is 3. The van der Waals surface area contributed by atoms with E-state index < -0.39 is 0 Å². The van der Waals surface area contributed by atoms with Gasteiger partial charge in [-0.1, -0.05) is 12.1 Å². The SMILES string of the molecule is C[C@@H](NC(=O)CN1CCC(N)CC1)c1ccc(F)cc1. The van der Waals surface area contributed by atoms with E-state index >= 15 is 0 Å². The van der Waals surface area contributed by atoms with E-state index in [0.717, 1.165) is 31.5 Å². The topological polar surface area (TPSA) is 58.4 Å². The Labute approximate surface area is 119 Å². The van der Waals surface area contributed by atoms with Gasteiger partial charge in [0.1, 0.15) is 5.82 Å². The molecule has 1 aliphatic rings. The summed E-state index contributed by atoms with van der Waals surface area (Å²) >= 11 is 0. The molecule has 1 heterocycles. The molecular formula is C15H22FN3O. The fraction of sp³-hybridized carbons (Fsp3) is 0.533. The van der Waals surface area contributed by atoms with Gasteiger partial charge in [0.25, 0.3) is 0 Å². The van der Waals surface area contributed by atoms with Gasteiger partial charge in [-0.25, -0.2) is 4.39 Å². The fourth-order valence-corrected chi connectivity index (χ4v) is 2.44. The number of nitrogens with two attached hydrogens (primary N) is 1. The van der Waals surface area contributed by atoms with Gasteiger partial charge < -0.3 is 11.1 Å². The van der Waals surface area contributed by atoms with Crippen LogP contribution in [-0.4, -0.2) is 36.5 Å². The Morgan fingerprint density at radius 2 is 2.00 bits per heavy atom. The number of carbonyl (C=O) groups excluding carboxylic acids is 1. The number of hydrogen-bond donors (Lipinski definition) is 2. The van der Waals surface area contributed by atoms with Gasteiger partial charge >= 0.3 is 0 Å². The Balaban J connectivity index is 1.80. The molecule has 0 aromatic heterocycles. The lowest BCUT2D eigenvalue weighted by Gasteiger charge is -2.29. The minimum atomic E-state index is -0.267. The highest BCUT2D eigenvalue weighted by molar-refractivity contribution is 5.78. The van der Waals surface area contributed by atoms with Crippen molar-refractivity contribution < 1.29 is 9.18 Å². The van der Waals surface area contributed by atoms with E-state index in [1.807, 2.05) is 6.92 Å². The molecule has 4 nitrogen and oxygen atoms in total. The number of halogens is 1. The maximum Gasteiger partial charge on any atom is 0.234 e. The normalized spacial score (nSPS) is 18.8. The summed E-state index contributed by atoms with van der Waals surface area (Å²) in [5, 5.41) is 2.94. The molecule has 0 unspecified atom stereocenters. The molecule has 2 rings (SSSR count). The van der Waals surface area contributed by atoms with Crippen molar-refractivity contribution in [3.8, 4) is 0 Å². The zero-order valence-electron chi connectivity index (χ0n) is 11.8. The number of carbonyl (C=O) groups is 1. The Hall–Kier alpha value is -1.46. The number of piperidine rings is 1. The summed E-state index contributed by atoms with van der Waals surface area (Å²) < 4.78 is 12.8. The molecular weight excluding hydrogens is 257 g/mol. The van der Waals surface area contributed by atoms with E-state index in [2.05, 4.69) is 10.2 Å². The van der Waals surface area contributed by atoms with Crippen molar-refractivity contribution in [3.63, 3.8) is 0 Å². The van der Waals surface area contributed by atoms with E-state index in [4.69, 9.17) is 5.73 Å². The molecule has 0 radical (unpaired) electrons. The highest BCUT2D eigenvalue weighted by Gasteiger charge is 2.19. The summed E-state index contributed by atoms with van der Waals surface area (Å²) in [5.74, 6) is -0.269. The summed E-state index contributed by atoms with van der Waals surface area (Å²) in [6, 6.07) is 6.36. The number of benzene rings is 1. The second-order valence-electron chi connectivity index (χ2n) is 5.45. The van der Waals surface area contributed by atoms with E-state index in [0.29, 0.717) is 6.54 Å².